The molecular formula is C38H33BrF9N3O5. The van der Waals surface area contributed by atoms with Gasteiger partial charge < -0.3 is 15.2 Å². The molecule has 2 atom stereocenters. The quantitative estimate of drug-likeness (QED) is 0.110. The number of alkyl halides is 7. The lowest BCUT2D eigenvalue weighted by Crippen LogP contribution is -2.49. The molecule has 1 aliphatic heterocycles. The van der Waals surface area contributed by atoms with E-state index >= 15 is 8.78 Å². The Morgan fingerprint density at radius 2 is 1.66 bits per heavy atom. The molecule has 0 radical (unpaired) electrons. The van der Waals surface area contributed by atoms with Crippen molar-refractivity contribution in [3.8, 4) is 16.9 Å². The Labute approximate surface area is 322 Å². The first-order valence-electron chi connectivity index (χ1n) is 17.0. The summed E-state index contributed by atoms with van der Waals surface area (Å²) in [5, 5.41) is 12.8. The topological polar surface area (TPSA) is 101 Å². The number of likely N-dealkylation sites (tertiary alicyclic amines) is 1. The minimum Gasteiger partial charge on any atom is -0.507 e. The van der Waals surface area contributed by atoms with E-state index in [1.54, 1.807) is 0 Å². The number of carbonyl (C=O) groups excluding carboxylic acids is 2. The molecule has 0 saturated carbocycles. The van der Waals surface area contributed by atoms with Gasteiger partial charge in [-0.3, -0.25) is 23.9 Å². The van der Waals surface area contributed by atoms with Crippen LogP contribution in [0.3, 0.4) is 0 Å². The molecule has 0 aliphatic carbocycles. The van der Waals surface area contributed by atoms with E-state index in [2.05, 4.69) is 21.2 Å². The van der Waals surface area contributed by atoms with E-state index in [9.17, 15) is 50.2 Å². The lowest BCUT2D eigenvalue weighted by Gasteiger charge is -2.34. The fourth-order valence-electron chi connectivity index (χ4n) is 6.52. The highest BCUT2D eigenvalue weighted by Crippen LogP contribution is 2.42. The summed E-state index contributed by atoms with van der Waals surface area (Å²) in [5.41, 5.74) is -6.95. The van der Waals surface area contributed by atoms with Gasteiger partial charge in [-0.1, -0.05) is 28.1 Å². The van der Waals surface area contributed by atoms with Gasteiger partial charge in [0.2, 0.25) is 5.91 Å². The number of ether oxygens (including phenoxy) is 1. The van der Waals surface area contributed by atoms with E-state index < -0.39 is 106 Å². The van der Waals surface area contributed by atoms with Crippen LogP contribution in [0.25, 0.3) is 11.1 Å². The Balaban J connectivity index is 1.70. The van der Waals surface area contributed by atoms with Gasteiger partial charge in [-0.2, -0.15) is 26.3 Å². The minimum atomic E-state index is -5.35. The highest BCUT2D eigenvalue weighted by molar-refractivity contribution is 9.10. The number of esters is 1. The number of nitrogens with one attached hydrogen (secondary N) is 1. The Bertz CT molecular complexity index is 2170. The van der Waals surface area contributed by atoms with E-state index in [1.807, 2.05) is 0 Å². The molecule has 3 aromatic carbocycles. The first-order valence-corrected chi connectivity index (χ1v) is 17.8. The Kier molecular flexibility index (Phi) is 12.6. The number of halogens is 10. The van der Waals surface area contributed by atoms with E-state index in [1.165, 1.54) is 43.0 Å². The summed E-state index contributed by atoms with van der Waals surface area (Å²) in [6.07, 6.45) is -12.3. The number of pyridine rings is 1. The van der Waals surface area contributed by atoms with Gasteiger partial charge >= 0.3 is 18.3 Å². The molecule has 1 aromatic heterocycles. The second kappa shape index (κ2) is 16.7. The van der Waals surface area contributed by atoms with Crippen LogP contribution >= 0.6 is 15.9 Å². The fraction of sp³-hybridized carbons (Fsp3) is 0.342. The summed E-state index contributed by atoms with van der Waals surface area (Å²) in [6.45, 7) is 2.43. The maximum Gasteiger partial charge on any atom is 0.419 e. The fourth-order valence-corrected chi connectivity index (χ4v) is 6.90. The second-order valence-corrected chi connectivity index (χ2v) is 14.0. The first kappa shape index (κ1) is 42.3. The molecule has 0 spiro atoms. The second-order valence-electron chi connectivity index (χ2n) is 13.1. The van der Waals surface area contributed by atoms with Crippen LogP contribution in [0.2, 0.25) is 0 Å². The number of phenolic OH excluding ortho intramolecular Hbond substituents is 1. The van der Waals surface area contributed by atoms with Crippen LogP contribution < -0.4 is 10.9 Å². The number of hydrogen-bond donors (Lipinski definition) is 2. The van der Waals surface area contributed by atoms with Gasteiger partial charge in [0.15, 0.2) is 0 Å². The largest absolute Gasteiger partial charge is 0.507 e. The maximum atomic E-state index is 16.1. The van der Waals surface area contributed by atoms with Crippen molar-refractivity contribution in [2.24, 2.45) is 0 Å². The number of rotatable bonds is 12. The summed E-state index contributed by atoms with van der Waals surface area (Å²) in [7, 11) is 0. The van der Waals surface area contributed by atoms with Gasteiger partial charge in [0.1, 0.15) is 29.6 Å². The van der Waals surface area contributed by atoms with Crippen LogP contribution in [0, 0.1) is 18.6 Å². The number of benzene rings is 3. The highest BCUT2D eigenvalue weighted by atomic mass is 79.9. The van der Waals surface area contributed by atoms with Crippen LogP contribution in [-0.2, 0) is 33.1 Å². The zero-order valence-corrected chi connectivity index (χ0v) is 31.1. The molecule has 0 bridgehead atoms. The highest BCUT2D eigenvalue weighted by Gasteiger charge is 2.40. The smallest absolute Gasteiger partial charge is 0.419 e. The SMILES string of the molecule is CCOC(=O)C[C@H](NC(=O)C(c1cc(Br)ccc1F)n1cc(CCN2CC(F)C2)c(C(F)(F)F)cc1=O)c1cc(-c2c(C)cccc2O)cc(C(F)(F)F)c1F. The van der Waals surface area contributed by atoms with Crippen molar-refractivity contribution in [1.82, 2.24) is 14.8 Å². The number of hydrogen-bond acceptors (Lipinski definition) is 6. The molecule has 1 saturated heterocycles. The number of nitrogens with zero attached hydrogens (tertiary/aromatic N) is 2. The molecule has 8 nitrogen and oxygen atoms in total. The Morgan fingerprint density at radius 1 is 0.982 bits per heavy atom. The predicted molar refractivity (Wildman–Crippen MR) is 188 cm³/mol. The van der Waals surface area contributed by atoms with Crippen molar-refractivity contribution in [3.63, 3.8) is 0 Å². The number of aromatic nitrogens is 1. The first-order chi connectivity index (χ1) is 26.2. The van der Waals surface area contributed by atoms with Gasteiger partial charge in [-0.25, -0.2) is 13.2 Å². The van der Waals surface area contributed by atoms with Crippen LogP contribution in [0.5, 0.6) is 5.75 Å². The van der Waals surface area contributed by atoms with Crippen molar-refractivity contribution < 1.29 is 58.9 Å². The molecule has 1 unspecified atom stereocenters. The van der Waals surface area contributed by atoms with E-state index in [0.29, 0.717) is 16.8 Å². The summed E-state index contributed by atoms with van der Waals surface area (Å²) >= 11 is 3.12. The standard InChI is InChI=1S/C38H33BrF9N3O5/c1-3-56-32(54)15-29(25-11-21(12-27(34(25)42)38(46,47)48)33-19(2)5-4-6-30(33)52)49-36(55)35(24-13-22(39)7-8-28(24)41)51-16-20(9-10-50-17-23(40)18-50)26(14-31(51)53)37(43,44)45/h4-8,11-14,16,23,29,35,52H,3,9-10,15,17-18H2,1-2H3,(H,49,55)/t29-,35?/m0/s1. The number of carbonyl (C=O) groups is 2. The average molecular weight is 863 g/mol. The van der Waals surface area contributed by atoms with Gasteiger partial charge in [0, 0.05) is 53.1 Å². The molecule has 1 amide bonds. The van der Waals surface area contributed by atoms with Crippen LogP contribution in [0.4, 0.5) is 39.5 Å². The van der Waals surface area contributed by atoms with E-state index in [-0.39, 0.29) is 53.5 Å². The number of amides is 1. The molecule has 4 aromatic rings. The zero-order valence-electron chi connectivity index (χ0n) is 29.5. The molecular weight excluding hydrogens is 829 g/mol. The summed E-state index contributed by atoms with van der Waals surface area (Å²) in [5.74, 6) is -6.12. The molecule has 1 fully saturated rings. The van der Waals surface area contributed by atoms with Crippen LogP contribution in [0.15, 0.2) is 70.1 Å². The van der Waals surface area contributed by atoms with Crippen molar-refractivity contribution in [3.05, 3.63) is 121 Å². The van der Waals surface area contributed by atoms with Crippen molar-refractivity contribution in [1.29, 1.82) is 0 Å². The number of aromatic hydroxyl groups is 1. The van der Waals surface area contributed by atoms with Gasteiger partial charge in [0.05, 0.1) is 30.2 Å². The predicted octanol–water partition coefficient (Wildman–Crippen LogP) is 8.20. The maximum absolute atomic E-state index is 16.1. The third-order valence-corrected chi connectivity index (χ3v) is 9.66. The molecule has 5 rings (SSSR count). The van der Waals surface area contributed by atoms with Gasteiger partial charge in [-0.05, 0) is 73.4 Å². The zero-order chi connectivity index (χ0) is 41.3. The lowest BCUT2D eigenvalue weighted by molar-refractivity contribution is -0.144. The monoisotopic (exact) mass is 861 g/mol. The Morgan fingerprint density at radius 3 is 2.27 bits per heavy atom. The van der Waals surface area contributed by atoms with Gasteiger partial charge in [-0.15, -0.1) is 0 Å². The van der Waals surface area contributed by atoms with Crippen LogP contribution in [0.1, 0.15) is 58.8 Å². The minimum absolute atomic E-state index is 0.0472. The van der Waals surface area contributed by atoms with E-state index in [4.69, 9.17) is 4.74 Å². The van der Waals surface area contributed by atoms with Crippen molar-refractivity contribution in [2.45, 2.75) is 57.3 Å². The average Bonchev–Trinajstić information content (AvgIpc) is 3.08. The Hall–Kier alpha value is -4.84. The van der Waals surface area contributed by atoms with Crippen LogP contribution in [-0.4, -0.2) is 58.9 Å². The molecule has 2 N–H and O–H groups in total. The number of aryl methyl sites for hydroxylation is 1. The molecule has 56 heavy (non-hydrogen) atoms. The van der Waals surface area contributed by atoms with Gasteiger partial charge in [0.25, 0.3) is 5.56 Å². The summed E-state index contributed by atoms with van der Waals surface area (Å²) in [6, 6.07) is 4.43. The summed E-state index contributed by atoms with van der Waals surface area (Å²) < 4.78 is 137. The van der Waals surface area contributed by atoms with E-state index in [0.717, 1.165) is 18.2 Å². The molecule has 1 aliphatic rings. The molecule has 18 heteroatoms. The lowest BCUT2D eigenvalue weighted by atomic mass is 9.91. The third-order valence-electron chi connectivity index (χ3n) is 9.17. The third kappa shape index (κ3) is 9.40. The summed E-state index contributed by atoms with van der Waals surface area (Å²) in [4.78, 5) is 42.3. The normalized spacial score (nSPS) is 14.9. The van der Waals surface area contributed by atoms with Crippen molar-refractivity contribution in [2.75, 3.05) is 26.2 Å². The van der Waals surface area contributed by atoms with Crippen molar-refractivity contribution >= 4 is 27.8 Å². The molecule has 300 valence electrons. The number of phenols is 1. The molecule has 2 heterocycles.